The summed E-state index contributed by atoms with van der Waals surface area (Å²) in [7, 11) is 0. The first kappa shape index (κ1) is 19.9. The van der Waals surface area contributed by atoms with Crippen LogP contribution in [-0.4, -0.2) is 24.3 Å². The Kier molecular flexibility index (Phi) is 5.34. The van der Waals surface area contributed by atoms with Crippen LogP contribution in [0.15, 0.2) is 72.8 Å². The van der Waals surface area contributed by atoms with Crippen molar-refractivity contribution in [2.45, 2.75) is 13.3 Å². The van der Waals surface area contributed by atoms with E-state index >= 15 is 0 Å². The van der Waals surface area contributed by atoms with Crippen molar-refractivity contribution < 1.29 is 19.0 Å². The lowest BCUT2D eigenvalue weighted by Crippen LogP contribution is -2.13. The van der Waals surface area contributed by atoms with Gasteiger partial charge in [-0.05, 0) is 42.8 Å². The van der Waals surface area contributed by atoms with Crippen molar-refractivity contribution >= 4 is 22.5 Å². The second-order valence-electron chi connectivity index (χ2n) is 7.47. The molecule has 0 unspecified atom stereocenters. The monoisotopic (exact) mass is 426 g/mol. The standard InChI is InChI=1S/C26H22N2O4/c1-2-12-30-19-7-5-6-17(13-19)23-15-21(20-8-3-4-9-22(20)28-23)26(29)27-18-10-11-24-25(14-18)32-16-31-24/h3-11,13-15H,2,12,16H2,1H3,(H,27,29). The summed E-state index contributed by atoms with van der Waals surface area (Å²) in [5.41, 5.74) is 3.53. The Hall–Kier alpha value is -4.06. The molecular weight excluding hydrogens is 404 g/mol. The minimum absolute atomic E-state index is 0.187. The van der Waals surface area contributed by atoms with Crippen LogP contribution in [0.25, 0.3) is 22.2 Å². The number of hydrogen-bond acceptors (Lipinski definition) is 5. The lowest BCUT2D eigenvalue weighted by Gasteiger charge is -2.12. The molecule has 1 aliphatic heterocycles. The highest BCUT2D eigenvalue weighted by Gasteiger charge is 2.17. The van der Waals surface area contributed by atoms with Gasteiger partial charge in [-0.25, -0.2) is 4.98 Å². The summed E-state index contributed by atoms with van der Waals surface area (Å²) in [6, 6.07) is 22.6. The first-order valence-corrected chi connectivity index (χ1v) is 10.6. The van der Waals surface area contributed by atoms with Crippen molar-refractivity contribution in [3.8, 4) is 28.5 Å². The van der Waals surface area contributed by atoms with E-state index in [4.69, 9.17) is 19.2 Å². The second-order valence-corrected chi connectivity index (χ2v) is 7.47. The smallest absolute Gasteiger partial charge is 0.256 e. The number of carbonyl (C=O) groups excluding carboxylic acids is 1. The van der Waals surface area contributed by atoms with Gasteiger partial charge in [0.15, 0.2) is 11.5 Å². The number of nitrogens with one attached hydrogen (secondary N) is 1. The lowest BCUT2D eigenvalue weighted by atomic mass is 10.0. The highest BCUT2D eigenvalue weighted by atomic mass is 16.7. The zero-order valence-electron chi connectivity index (χ0n) is 17.6. The van der Waals surface area contributed by atoms with Gasteiger partial charge in [0.05, 0.1) is 23.4 Å². The number of aromatic nitrogens is 1. The minimum Gasteiger partial charge on any atom is -0.494 e. The Morgan fingerprint density at radius 3 is 2.78 bits per heavy atom. The number of pyridine rings is 1. The molecule has 5 rings (SSSR count). The second kappa shape index (κ2) is 8.59. The molecule has 0 fully saturated rings. The van der Waals surface area contributed by atoms with Gasteiger partial charge >= 0.3 is 0 Å². The van der Waals surface area contributed by atoms with Crippen molar-refractivity contribution in [3.63, 3.8) is 0 Å². The highest BCUT2D eigenvalue weighted by Crippen LogP contribution is 2.34. The zero-order chi connectivity index (χ0) is 21.9. The molecule has 1 N–H and O–H groups in total. The van der Waals surface area contributed by atoms with E-state index in [2.05, 4.69) is 12.2 Å². The number of para-hydroxylation sites is 1. The minimum atomic E-state index is -0.220. The summed E-state index contributed by atoms with van der Waals surface area (Å²) in [6.07, 6.45) is 0.933. The molecule has 4 aromatic rings. The van der Waals surface area contributed by atoms with E-state index < -0.39 is 0 Å². The van der Waals surface area contributed by atoms with Crippen LogP contribution in [0.1, 0.15) is 23.7 Å². The molecule has 1 amide bonds. The van der Waals surface area contributed by atoms with Crippen LogP contribution in [0.4, 0.5) is 5.69 Å². The molecule has 1 aliphatic rings. The molecule has 6 heteroatoms. The predicted octanol–water partition coefficient (Wildman–Crippen LogP) is 5.67. The van der Waals surface area contributed by atoms with Crippen molar-refractivity contribution in [1.82, 2.24) is 4.98 Å². The molecule has 0 radical (unpaired) electrons. The van der Waals surface area contributed by atoms with Crippen LogP contribution in [0.3, 0.4) is 0 Å². The summed E-state index contributed by atoms with van der Waals surface area (Å²) < 4.78 is 16.5. The van der Waals surface area contributed by atoms with Gasteiger partial charge in [0.2, 0.25) is 6.79 Å². The molecule has 0 spiro atoms. The molecule has 0 saturated carbocycles. The van der Waals surface area contributed by atoms with E-state index in [-0.39, 0.29) is 12.7 Å². The fraction of sp³-hybridized carbons (Fsp3) is 0.154. The van der Waals surface area contributed by atoms with Crippen molar-refractivity contribution in [2.24, 2.45) is 0 Å². The van der Waals surface area contributed by atoms with Gasteiger partial charge in [-0.15, -0.1) is 0 Å². The summed E-state index contributed by atoms with van der Waals surface area (Å²) in [5, 5.41) is 3.76. The average molecular weight is 426 g/mol. The van der Waals surface area contributed by atoms with Gasteiger partial charge in [0.1, 0.15) is 5.75 Å². The molecule has 0 atom stereocenters. The molecule has 0 saturated heterocycles. The fourth-order valence-electron chi connectivity index (χ4n) is 3.65. The largest absolute Gasteiger partial charge is 0.494 e. The number of carbonyl (C=O) groups is 1. The number of ether oxygens (including phenoxy) is 3. The Bertz CT molecular complexity index is 1300. The molecule has 6 nitrogen and oxygen atoms in total. The van der Waals surface area contributed by atoms with Gasteiger partial charge in [0.25, 0.3) is 5.91 Å². The molecular formula is C26H22N2O4. The molecule has 160 valence electrons. The third-order valence-electron chi connectivity index (χ3n) is 5.19. The maximum Gasteiger partial charge on any atom is 0.256 e. The number of amides is 1. The summed E-state index contributed by atoms with van der Waals surface area (Å²) in [5.74, 6) is 1.85. The van der Waals surface area contributed by atoms with Crippen LogP contribution in [0, 0.1) is 0 Å². The van der Waals surface area contributed by atoms with Gasteiger partial charge in [-0.2, -0.15) is 0 Å². The summed E-state index contributed by atoms with van der Waals surface area (Å²) in [6.45, 7) is 2.91. The molecule has 0 aliphatic carbocycles. The Morgan fingerprint density at radius 1 is 1.00 bits per heavy atom. The van der Waals surface area contributed by atoms with Crippen LogP contribution < -0.4 is 19.5 Å². The van der Waals surface area contributed by atoms with Crippen LogP contribution >= 0.6 is 0 Å². The summed E-state index contributed by atoms with van der Waals surface area (Å²) >= 11 is 0. The van der Waals surface area contributed by atoms with Crippen molar-refractivity contribution in [1.29, 1.82) is 0 Å². The number of benzene rings is 3. The van der Waals surface area contributed by atoms with Crippen molar-refractivity contribution in [2.75, 3.05) is 18.7 Å². The molecule has 3 aromatic carbocycles. The number of hydrogen-bond donors (Lipinski definition) is 1. The van der Waals surface area contributed by atoms with Gasteiger partial charge in [-0.3, -0.25) is 4.79 Å². The predicted molar refractivity (Wildman–Crippen MR) is 123 cm³/mol. The molecule has 32 heavy (non-hydrogen) atoms. The topological polar surface area (TPSA) is 69.7 Å². The zero-order valence-corrected chi connectivity index (χ0v) is 17.6. The molecule has 1 aromatic heterocycles. The third kappa shape index (κ3) is 3.95. The van der Waals surface area contributed by atoms with E-state index in [0.717, 1.165) is 28.6 Å². The quantitative estimate of drug-likeness (QED) is 0.430. The SMILES string of the molecule is CCCOc1cccc(-c2cc(C(=O)Nc3ccc4c(c3)OCO4)c3ccccc3n2)c1. The Balaban J connectivity index is 1.52. The molecule has 2 heterocycles. The van der Waals surface area contributed by atoms with Crippen molar-refractivity contribution in [3.05, 3.63) is 78.4 Å². The fourth-order valence-corrected chi connectivity index (χ4v) is 3.65. The first-order valence-electron chi connectivity index (χ1n) is 10.6. The van der Waals surface area contributed by atoms with Gasteiger partial charge in [0, 0.05) is 22.7 Å². The van der Waals surface area contributed by atoms with Gasteiger partial charge in [-0.1, -0.05) is 37.3 Å². The van der Waals surface area contributed by atoms with E-state index in [1.54, 1.807) is 18.2 Å². The maximum absolute atomic E-state index is 13.3. The maximum atomic E-state index is 13.3. The van der Waals surface area contributed by atoms with Crippen LogP contribution in [0.5, 0.6) is 17.2 Å². The highest BCUT2D eigenvalue weighted by molar-refractivity contribution is 6.13. The average Bonchev–Trinajstić information content (AvgIpc) is 3.30. The Labute approximate surface area is 185 Å². The van der Waals surface area contributed by atoms with Crippen LogP contribution in [-0.2, 0) is 0 Å². The van der Waals surface area contributed by atoms with Gasteiger partial charge < -0.3 is 19.5 Å². The molecule has 0 bridgehead atoms. The third-order valence-corrected chi connectivity index (χ3v) is 5.19. The van der Waals surface area contributed by atoms with E-state index in [1.165, 1.54) is 0 Å². The number of anilines is 1. The number of rotatable bonds is 6. The van der Waals surface area contributed by atoms with E-state index in [1.807, 2.05) is 54.6 Å². The number of fused-ring (bicyclic) bond motifs is 2. The van der Waals surface area contributed by atoms with E-state index in [0.29, 0.717) is 35.1 Å². The lowest BCUT2D eigenvalue weighted by molar-refractivity contribution is 0.102. The van der Waals surface area contributed by atoms with E-state index in [9.17, 15) is 4.79 Å². The van der Waals surface area contributed by atoms with Crippen LogP contribution in [0.2, 0.25) is 0 Å². The Morgan fingerprint density at radius 2 is 1.88 bits per heavy atom. The number of nitrogens with zero attached hydrogens (tertiary/aromatic N) is 1. The first-order chi connectivity index (χ1) is 15.7. The normalized spacial score (nSPS) is 12.0. The summed E-state index contributed by atoms with van der Waals surface area (Å²) in [4.78, 5) is 18.1.